The average Bonchev–Trinajstić information content (AvgIpc) is 3.04. The summed E-state index contributed by atoms with van der Waals surface area (Å²) >= 11 is 0. The van der Waals surface area contributed by atoms with Crippen molar-refractivity contribution < 1.29 is 4.79 Å². The molecule has 29 heavy (non-hydrogen) atoms. The highest BCUT2D eigenvalue weighted by Crippen LogP contribution is 2.25. The predicted molar refractivity (Wildman–Crippen MR) is 112 cm³/mol. The van der Waals surface area contributed by atoms with Crippen molar-refractivity contribution in [3.63, 3.8) is 0 Å². The molecule has 2 aromatic heterocycles. The number of amides is 1. The Morgan fingerprint density at radius 2 is 2.14 bits per heavy atom. The summed E-state index contributed by atoms with van der Waals surface area (Å²) in [5, 5.41) is 4.47. The molecule has 2 aliphatic rings. The van der Waals surface area contributed by atoms with Crippen molar-refractivity contribution in [3.8, 4) is 0 Å². The molecule has 4 rings (SSSR count). The van der Waals surface area contributed by atoms with E-state index in [1.807, 2.05) is 22.7 Å². The van der Waals surface area contributed by atoms with Crippen molar-refractivity contribution in [3.05, 3.63) is 40.7 Å². The minimum Gasteiger partial charge on any atom is -0.338 e. The van der Waals surface area contributed by atoms with Crippen molar-refractivity contribution >= 4 is 5.91 Å². The summed E-state index contributed by atoms with van der Waals surface area (Å²) in [6.07, 6.45) is 6.54. The third-order valence-corrected chi connectivity index (χ3v) is 6.16. The van der Waals surface area contributed by atoms with Gasteiger partial charge in [-0.25, -0.2) is 9.97 Å². The van der Waals surface area contributed by atoms with Crippen LogP contribution in [0.1, 0.15) is 60.1 Å². The van der Waals surface area contributed by atoms with E-state index in [2.05, 4.69) is 35.0 Å². The summed E-state index contributed by atoms with van der Waals surface area (Å²) in [6.45, 7) is 8.45. The molecule has 7 nitrogen and oxygen atoms in total. The van der Waals surface area contributed by atoms with E-state index in [4.69, 9.17) is 4.98 Å². The SMILES string of the molecule is Cc1cc(C)n(CCCC(=O)N2CCc3nc([C@H]4CCCN(C)C4)ncc3C2)n1. The Morgan fingerprint density at radius 3 is 2.90 bits per heavy atom. The Labute approximate surface area is 173 Å². The van der Waals surface area contributed by atoms with Gasteiger partial charge in [0.15, 0.2) is 0 Å². The second-order valence-corrected chi connectivity index (χ2v) is 8.62. The van der Waals surface area contributed by atoms with Crippen LogP contribution in [-0.4, -0.2) is 62.1 Å². The monoisotopic (exact) mass is 396 g/mol. The number of likely N-dealkylation sites (tertiary alicyclic amines) is 1. The Bertz CT molecular complexity index is 876. The summed E-state index contributed by atoms with van der Waals surface area (Å²) in [5.74, 6) is 1.64. The molecule has 2 aromatic rings. The van der Waals surface area contributed by atoms with Crippen molar-refractivity contribution in [1.82, 2.24) is 29.5 Å². The van der Waals surface area contributed by atoms with Crippen LogP contribution < -0.4 is 0 Å². The largest absolute Gasteiger partial charge is 0.338 e. The molecule has 0 aromatic carbocycles. The maximum atomic E-state index is 12.7. The molecule has 7 heteroatoms. The van der Waals surface area contributed by atoms with Crippen LogP contribution in [0, 0.1) is 13.8 Å². The minimum absolute atomic E-state index is 0.218. The summed E-state index contributed by atoms with van der Waals surface area (Å²) in [4.78, 5) is 26.6. The van der Waals surface area contributed by atoms with Gasteiger partial charge in [-0.1, -0.05) is 0 Å². The van der Waals surface area contributed by atoms with Crippen LogP contribution in [0.15, 0.2) is 12.3 Å². The van der Waals surface area contributed by atoms with Gasteiger partial charge in [0.25, 0.3) is 0 Å². The lowest BCUT2D eigenvalue weighted by Gasteiger charge is -2.31. The fraction of sp³-hybridized carbons (Fsp3) is 0.636. The van der Waals surface area contributed by atoms with Gasteiger partial charge in [-0.15, -0.1) is 0 Å². The summed E-state index contributed by atoms with van der Waals surface area (Å²) < 4.78 is 1.99. The van der Waals surface area contributed by atoms with Crippen LogP contribution in [0.4, 0.5) is 0 Å². The van der Waals surface area contributed by atoms with Gasteiger partial charge >= 0.3 is 0 Å². The molecular weight excluding hydrogens is 364 g/mol. The zero-order chi connectivity index (χ0) is 20.4. The van der Waals surface area contributed by atoms with Crippen LogP contribution in [0.3, 0.4) is 0 Å². The lowest BCUT2D eigenvalue weighted by molar-refractivity contribution is -0.132. The van der Waals surface area contributed by atoms with Crippen molar-refractivity contribution in [1.29, 1.82) is 0 Å². The maximum absolute atomic E-state index is 12.7. The number of carbonyl (C=O) groups excluding carboxylic acids is 1. The fourth-order valence-corrected chi connectivity index (χ4v) is 4.56. The zero-order valence-electron chi connectivity index (χ0n) is 17.9. The molecule has 0 saturated carbocycles. The third-order valence-electron chi connectivity index (χ3n) is 6.16. The molecule has 0 radical (unpaired) electrons. The molecule has 0 unspecified atom stereocenters. The van der Waals surface area contributed by atoms with Gasteiger partial charge in [0, 0.05) is 62.4 Å². The standard InChI is InChI=1S/C22H32N6O/c1-16-12-17(2)28(25-16)10-5-7-21(29)27-11-8-20-19(15-27)13-23-22(24-20)18-6-4-9-26(3)14-18/h12-13,18H,4-11,14-15H2,1-3H3/t18-/m0/s1. The molecule has 1 amide bonds. The highest BCUT2D eigenvalue weighted by Gasteiger charge is 2.25. The highest BCUT2D eigenvalue weighted by molar-refractivity contribution is 5.76. The molecule has 1 saturated heterocycles. The van der Waals surface area contributed by atoms with E-state index in [0.29, 0.717) is 18.9 Å². The number of fused-ring (bicyclic) bond motifs is 1. The number of carbonyl (C=O) groups is 1. The van der Waals surface area contributed by atoms with Crippen LogP contribution in [0.5, 0.6) is 0 Å². The van der Waals surface area contributed by atoms with Crippen LogP contribution in [-0.2, 0) is 24.3 Å². The second kappa shape index (κ2) is 8.61. The van der Waals surface area contributed by atoms with E-state index in [0.717, 1.165) is 67.5 Å². The molecule has 2 aliphatic heterocycles. The number of hydrogen-bond acceptors (Lipinski definition) is 5. The number of nitrogens with zero attached hydrogens (tertiary/aromatic N) is 6. The van der Waals surface area contributed by atoms with E-state index in [-0.39, 0.29) is 5.91 Å². The quantitative estimate of drug-likeness (QED) is 0.777. The first kappa shape index (κ1) is 20.0. The number of hydrogen-bond donors (Lipinski definition) is 0. The summed E-state index contributed by atoms with van der Waals surface area (Å²) in [7, 11) is 2.17. The number of likely N-dealkylation sites (N-methyl/N-ethyl adjacent to an activating group) is 1. The van der Waals surface area contributed by atoms with Crippen molar-refractivity contribution in [2.24, 2.45) is 0 Å². The molecule has 156 valence electrons. The molecule has 4 heterocycles. The maximum Gasteiger partial charge on any atom is 0.222 e. The van der Waals surface area contributed by atoms with Crippen LogP contribution in [0.2, 0.25) is 0 Å². The lowest BCUT2D eigenvalue weighted by Crippen LogP contribution is -2.37. The Hall–Kier alpha value is -2.28. The molecular formula is C22H32N6O. The number of piperidine rings is 1. The zero-order valence-corrected chi connectivity index (χ0v) is 17.9. The van der Waals surface area contributed by atoms with Gasteiger partial charge in [0.1, 0.15) is 5.82 Å². The Kier molecular flexibility index (Phi) is 5.94. The van der Waals surface area contributed by atoms with Crippen molar-refractivity contribution in [2.45, 2.75) is 65.0 Å². The summed E-state index contributed by atoms with van der Waals surface area (Å²) in [6, 6.07) is 2.07. The first-order valence-corrected chi connectivity index (χ1v) is 10.8. The van der Waals surface area contributed by atoms with Crippen LogP contribution >= 0.6 is 0 Å². The molecule has 0 N–H and O–H groups in total. The number of aromatic nitrogens is 4. The Morgan fingerprint density at radius 1 is 1.28 bits per heavy atom. The number of aryl methyl sites for hydroxylation is 3. The van der Waals surface area contributed by atoms with Gasteiger partial charge < -0.3 is 9.80 Å². The van der Waals surface area contributed by atoms with E-state index in [1.165, 1.54) is 12.8 Å². The fourth-order valence-electron chi connectivity index (χ4n) is 4.56. The minimum atomic E-state index is 0.218. The van der Waals surface area contributed by atoms with E-state index >= 15 is 0 Å². The van der Waals surface area contributed by atoms with Gasteiger partial charge in [0.2, 0.25) is 5.91 Å². The van der Waals surface area contributed by atoms with Gasteiger partial charge in [0.05, 0.1) is 11.4 Å². The highest BCUT2D eigenvalue weighted by atomic mass is 16.2. The Balaban J connectivity index is 1.32. The van der Waals surface area contributed by atoms with E-state index in [1.54, 1.807) is 0 Å². The van der Waals surface area contributed by atoms with E-state index < -0.39 is 0 Å². The average molecular weight is 397 g/mol. The first-order valence-electron chi connectivity index (χ1n) is 10.8. The topological polar surface area (TPSA) is 67.2 Å². The van der Waals surface area contributed by atoms with Gasteiger partial charge in [-0.3, -0.25) is 9.48 Å². The summed E-state index contributed by atoms with van der Waals surface area (Å²) in [5.41, 5.74) is 4.42. The van der Waals surface area contributed by atoms with Gasteiger partial charge in [-0.2, -0.15) is 5.10 Å². The second-order valence-electron chi connectivity index (χ2n) is 8.62. The third kappa shape index (κ3) is 4.66. The smallest absolute Gasteiger partial charge is 0.222 e. The van der Waals surface area contributed by atoms with E-state index in [9.17, 15) is 4.79 Å². The van der Waals surface area contributed by atoms with Gasteiger partial charge in [-0.05, 0) is 52.8 Å². The molecule has 0 bridgehead atoms. The lowest BCUT2D eigenvalue weighted by atomic mass is 9.97. The first-order chi connectivity index (χ1) is 14.0. The van der Waals surface area contributed by atoms with Crippen LogP contribution in [0.25, 0.3) is 0 Å². The molecule has 0 spiro atoms. The molecule has 0 aliphatic carbocycles. The molecule has 1 atom stereocenters. The number of rotatable bonds is 5. The molecule has 1 fully saturated rings. The van der Waals surface area contributed by atoms with Crippen molar-refractivity contribution in [2.75, 3.05) is 26.7 Å². The normalized spacial score (nSPS) is 20.0. The predicted octanol–water partition coefficient (Wildman–Crippen LogP) is 2.46.